The van der Waals surface area contributed by atoms with E-state index in [1.165, 1.54) is 56.1 Å². The molecule has 0 radical (unpaired) electrons. The van der Waals surface area contributed by atoms with Crippen LogP contribution in [0.25, 0.3) is 0 Å². The number of hydrogen-bond donors (Lipinski definition) is 0. The molecule has 10 unspecified atom stereocenters. The van der Waals surface area contributed by atoms with Gasteiger partial charge in [0.25, 0.3) is 6.47 Å². The smallest absolute Gasteiger partial charge is 0.338 e. The molecule has 0 amide bonds. The first kappa shape index (κ1) is 36.7. The van der Waals surface area contributed by atoms with Crippen LogP contribution in [0.4, 0.5) is 0 Å². The Labute approximate surface area is 292 Å². The van der Waals surface area contributed by atoms with Gasteiger partial charge in [0.15, 0.2) is 0 Å². The minimum Gasteiger partial charge on any atom is -0.464 e. The number of esters is 1. The predicted octanol–water partition coefficient (Wildman–Crippen LogP) is 11.1. The van der Waals surface area contributed by atoms with Gasteiger partial charge in [-0.1, -0.05) is 107 Å². The number of benzene rings is 2. The Morgan fingerprint density at radius 2 is 1.35 bits per heavy atom. The topological polar surface area (TPSA) is 52.6 Å². The fourth-order valence-corrected chi connectivity index (χ4v) is 11.1. The van der Waals surface area contributed by atoms with E-state index in [1.54, 1.807) is 0 Å². The molecule has 0 spiro atoms. The fraction of sp³-hybridized carbons (Fsp3) is 0.682. The molecule has 2 aromatic rings. The molecule has 48 heavy (non-hydrogen) atoms. The van der Waals surface area contributed by atoms with Crippen molar-refractivity contribution in [1.29, 1.82) is 0 Å². The maximum atomic E-state index is 12.9. The lowest BCUT2D eigenvalue weighted by Crippen LogP contribution is -2.59. The predicted molar refractivity (Wildman–Crippen MR) is 196 cm³/mol. The van der Waals surface area contributed by atoms with Gasteiger partial charge in [0.2, 0.25) is 0 Å². The van der Waals surface area contributed by atoms with E-state index in [4.69, 9.17) is 9.47 Å². The third kappa shape index (κ3) is 7.89. The minimum atomic E-state index is -0.233. The highest BCUT2D eigenvalue weighted by Crippen LogP contribution is 2.68. The van der Waals surface area contributed by atoms with Crippen LogP contribution < -0.4 is 0 Å². The molecule has 4 heteroatoms. The van der Waals surface area contributed by atoms with Gasteiger partial charge in [-0.25, -0.2) is 4.79 Å². The van der Waals surface area contributed by atoms with E-state index in [9.17, 15) is 9.59 Å². The van der Waals surface area contributed by atoms with Crippen LogP contribution in [0, 0.1) is 73.0 Å². The number of hydrogen-bond acceptors (Lipinski definition) is 4. The van der Waals surface area contributed by atoms with E-state index in [-0.39, 0.29) is 29.5 Å². The van der Waals surface area contributed by atoms with Crippen molar-refractivity contribution in [2.24, 2.45) is 52.3 Å². The molecule has 10 atom stereocenters. The van der Waals surface area contributed by atoms with Gasteiger partial charge < -0.3 is 9.47 Å². The number of aryl methyl sites for hydroxylation is 3. The monoisotopic (exact) mass is 656 g/mol. The number of carbonyl (C=O) groups excluding carboxylic acids is 2. The first-order chi connectivity index (χ1) is 22.9. The van der Waals surface area contributed by atoms with E-state index >= 15 is 0 Å². The van der Waals surface area contributed by atoms with Crippen molar-refractivity contribution in [2.75, 3.05) is 0 Å². The van der Waals surface area contributed by atoms with Gasteiger partial charge in [-0.05, 0) is 131 Å². The van der Waals surface area contributed by atoms with Crippen LogP contribution in [-0.2, 0) is 14.3 Å². The van der Waals surface area contributed by atoms with Crippen molar-refractivity contribution in [3.63, 3.8) is 0 Å². The van der Waals surface area contributed by atoms with Crippen molar-refractivity contribution >= 4 is 12.4 Å². The maximum absolute atomic E-state index is 12.9. The molecule has 4 nitrogen and oxygen atoms in total. The van der Waals surface area contributed by atoms with Crippen molar-refractivity contribution in [3.8, 4) is 0 Å². The van der Waals surface area contributed by atoms with E-state index in [2.05, 4.69) is 72.7 Å². The second-order valence-corrected chi connectivity index (χ2v) is 17.3. The summed E-state index contributed by atoms with van der Waals surface area (Å²) in [6.45, 7) is 19.2. The van der Waals surface area contributed by atoms with Crippen LogP contribution in [0.15, 0.2) is 48.5 Å². The van der Waals surface area contributed by atoms with Gasteiger partial charge in [0.1, 0.15) is 12.2 Å². The third-order valence-corrected chi connectivity index (χ3v) is 13.8. The summed E-state index contributed by atoms with van der Waals surface area (Å²) >= 11 is 0. The van der Waals surface area contributed by atoms with E-state index in [1.807, 2.05) is 31.2 Å². The van der Waals surface area contributed by atoms with Gasteiger partial charge in [0, 0.05) is 5.92 Å². The summed E-state index contributed by atoms with van der Waals surface area (Å²) in [4.78, 5) is 24.7. The van der Waals surface area contributed by atoms with Crippen LogP contribution in [0.1, 0.15) is 132 Å². The average molecular weight is 657 g/mol. The molecular formula is C44H64O4. The normalized spacial score (nSPS) is 34.5. The summed E-state index contributed by atoms with van der Waals surface area (Å²) in [5.74, 6) is 4.45. The lowest BCUT2D eigenvalue weighted by molar-refractivity contribution is -0.186. The molecule has 0 N–H and O–H groups in total. The Morgan fingerprint density at radius 3 is 1.96 bits per heavy atom. The molecule has 4 fully saturated rings. The Morgan fingerprint density at radius 1 is 0.771 bits per heavy atom. The lowest BCUT2D eigenvalue weighted by Gasteiger charge is -2.62. The standard InChI is InChI=1S/C36H54O4.C8H10/c1-23(2)8-7-9-25(4)29-14-15-30-28-21-33(39-22-37)32-20-27(40-34(38)26-12-10-24(3)11-13-26)16-18-36(32,6)31(28)17-19-35(29,30)5;1-7-3-5-8(2)6-4-7/h10-13,22-23,25,27-33H,7-9,14-21H2,1-6H3;3-6H,1-2H3. The van der Waals surface area contributed by atoms with Gasteiger partial charge in [-0.3, -0.25) is 4.79 Å². The first-order valence-electron chi connectivity index (χ1n) is 19.3. The van der Waals surface area contributed by atoms with E-state index in [0.29, 0.717) is 29.3 Å². The molecule has 4 saturated carbocycles. The van der Waals surface area contributed by atoms with E-state index < -0.39 is 0 Å². The first-order valence-corrected chi connectivity index (χ1v) is 19.3. The quantitative estimate of drug-likeness (QED) is 0.199. The molecule has 0 heterocycles. The van der Waals surface area contributed by atoms with Crippen molar-refractivity contribution in [3.05, 3.63) is 70.8 Å². The van der Waals surface area contributed by atoms with E-state index in [0.717, 1.165) is 54.9 Å². The Bertz CT molecular complexity index is 1330. The highest BCUT2D eigenvalue weighted by atomic mass is 16.5. The molecule has 2 aromatic carbocycles. The van der Waals surface area contributed by atoms with Gasteiger partial charge >= 0.3 is 5.97 Å². The number of carbonyl (C=O) groups is 2. The van der Waals surface area contributed by atoms with Crippen LogP contribution in [0.2, 0.25) is 0 Å². The molecule has 0 saturated heterocycles. The number of rotatable bonds is 9. The second kappa shape index (κ2) is 15.5. The molecule has 4 aliphatic carbocycles. The SMILES string of the molecule is Cc1ccc(C(=O)OC2CCC3(C)C(C2)C(OC=O)CC2C4CCC(C(C)CCCC(C)C)C4(C)CCC23)cc1.Cc1ccc(C)cc1. The average Bonchev–Trinajstić information content (AvgIpc) is 3.41. The molecule has 0 aromatic heterocycles. The summed E-state index contributed by atoms with van der Waals surface area (Å²) in [6, 6.07) is 16.1. The summed E-state index contributed by atoms with van der Waals surface area (Å²) in [7, 11) is 0. The molecular weight excluding hydrogens is 592 g/mol. The molecule has 6 rings (SSSR count). The lowest BCUT2D eigenvalue weighted by atomic mass is 9.43. The van der Waals surface area contributed by atoms with Gasteiger partial charge in [0.05, 0.1) is 5.56 Å². The van der Waals surface area contributed by atoms with Crippen molar-refractivity contribution < 1.29 is 19.1 Å². The van der Waals surface area contributed by atoms with Crippen LogP contribution >= 0.6 is 0 Å². The summed E-state index contributed by atoms with van der Waals surface area (Å²) in [6.07, 6.45) is 12.9. The number of ether oxygens (including phenoxy) is 2. The van der Waals surface area contributed by atoms with Gasteiger partial charge in [-0.2, -0.15) is 0 Å². The zero-order chi connectivity index (χ0) is 34.6. The molecule has 0 bridgehead atoms. The van der Waals surface area contributed by atoms with Crippen molar-refractivity contribution in [1.82, 2.24) is 0 Å². The van der Waals surface area contributed by atoms with Gasteiger partial charge in [-0.15, -0.1) is 0 Å². The maximum Gasteiger partial charge on any atom is 0.338 e. The highest BCUT2D eigenvalue weighted by molar-refractivity contribution is 5.89. The zero-order valence-electron chi connectivity index (χ0n) is 31.3. The third-order valence-electron chi connectivity index (χ3n) is 13.8. The summed E-state index contributed by atoms with van der Waals surface area (Å²) in [5.41, 5.74) is 4.95. The Kier molecular flexibility index (Phi) is 11.8. The van der Waals surface area contributed by atoms with Crippen LogP contribution in [0.5, 0.6) is 0 Å². The number of fused-ring (bicyclic) bond motifs is 5. The molecule has 4 aliphatic rings. The highest BCUT2D eigenvalue weighted by Gasteiger charge is 2.63. The minimum absolute atomic E-state index is 0.0745. The Balaban J connectivity index is 0.000000494. The van der Waals surface area contributed by atoms with Crippen molar-refractivity contribution in [2.45, 2.75) is 138 Å². The van der Waals surface area contributed by atoms with Crippen LogP contribution in [0.3, 0.4) is 0 Å². The largest absolute Gasteiger partial charge is 0.464 e. The Hall–Kier alpha value is -2.62. The summed E-state index contributed by atoms with van der Waals surface area (Å²) in [5, 5.41) is 0. The molecule has 264 valence electrons. The molecule has 0 aliphatic heterocycles. The van der Waals surface area contributed by atoms with Crippen LogP contribution in [-0.4, -0.2) is 24.6 Å². The second-order valence-electron chi connectivity index (χ2n) is 17.3. The zero-order valence-corrected chi connectivity index (χ0v) is 31.3. The summed E-state index contributed by atoms with van der Waals surface area (Å²) < 4.78 is 12.0. The fourth-order valence-electron chi connectivity index (χ4n) is 11.1.